The predicted octanol–water partition coefficient (Wildman–Crippen LogP) is 4.56. The van der Waals surface area contributed by atoms with Crippen molar-refractivity contribution in [3.63, 3.8) is 0 Å². The first-order valence-corrected chi connectivity index (χ1v) is 7.84. The van der Waals surface area contributed by atoms with E-state index in [2.05, 4.69) is 0 Å². The van der Waals surface area contributed by atoms with Crippen LogP contribution in [0.15, 0.2) is 36.4 Å². The summed E-state index contributed by atoms with van der Waals surface area (Å²) in [5.41, 5.74) is 1.82. The minimum Gasteiger partial charge on any atom is -0.493 e. The van der Waals surface area contributed by atoms with Crippen LogP contribution in [0.1, 0.15) is 16.7 Å². The van der Waals surface area contributed by atoms with Crippen LogP contribution in [0.5, 0.6) is 11.5 Å². The summed E-state index contributed by atoms with van der Waals surface area (Å²) < 4.78 is 29.3. The molecule has 0 aromatic heterocycles. The average molecular weight is 365 g/mol. The maximum atomic E-state index is 13.6. The molecule has 0 atom stereocenters. The van der Waals surface area contributed by atoms with Gasteiger partial charge in [-0.25, -0.2) is 9.18 Å². The summed E-state index contributed by atoms with van der Waals surface area (Å²) in [5.74, 6) is 0.0396. The number of rotatable bonds is 6. The van der Waals surface area contributed by atoms with E-state index in [0.717, 1.165) is 17.2 Å². The van der Waals surface area contributed by atoms with E-state index in [9.17, 15) is 9.18 Å². The Bertz CT molecular complexity index is 782. The van der Waals surface area contributed by atoms with Crippen LogP contribution in [0.4, 0.5) is 4.39 Å². The first-order valence-electron chi connectivity index (χ1n) is 7.46. The topological polar surface area (TPSA) is 44.8 Å². The number of hydrogen-bond donors (Lipinski definition) is 0. The van der Waals surface area contributed by atoms with Gasteiger partial charge in [-0.15, -0.1) is 0 Å². The molecule has 6 heteroatoms. The maximum Gasteiger partial charge on any atom is 0.331 e. The van der Waals surface area contributed by atoms with Gasteiger partial charge in [-0.3, -0.25) is 0 Å². The quantitative estimate of drug-likeness (QED) is 0.556. The smallest absolute Gasteiger partial charge is 0.331 e. The molecular formula is C19H18ClFO4. The first-order chi connectivity index (χ1) is 12.0. The molecule has 2 aromatic rings. The lowest BCUT2D eigenvalue weighted by Gasteiger charge is -2.12. The van der Waals surface area contributed by atoms with Crippen LogP contribution >= 0.6 is 11.6 Å². The largest absolute Gasteiger partial charge is 0.493 e. The van der Waals surface area contributed by atoms with Gasteiger partial charge < -0.3 is 14.2 Å². The van der Waals surface area contributed by atoms with Crippen LogP contribution in [-0.2, 0) is 16.1 Å². The van der Waals surface area contributed by atoms with Gasteiger partial charge in [0.25, 0.3) is 0 Å². The monoisotopic (exact) mass is 364 g/mol. The summed E-state index contributed by atoms with van der Waals surface area (Å²) in [5, 5.41) is 0.222. The Morgan fingerprint density at radius 2 is 1.88 bits per heavy atom. The Labute approximate surface area is 150 Å². The van der Waals surface area contributed by atoms with Crippen molar-refractivity contribution in [3.05, 3.63) is 63.9 Å². The van der Waals surface area contributed by atoms with Gasteiger partial charge in [-0.05, 0) is 48.4 Å². The molecule has 2 rings (SSSR count). The molecule has 0 aliphatic heterocycles. The minimum absolute atomic E-state index is 0.0559. The number of methoxy groups -OCH3 is 2. The summed E-state index contributed by atoms with van der Waals surface area (Å²) in [6.07, 6.45) is 2.43. The lowest BCUT2D eigenvalue weighted by molar-refractivity contribution is -0.138. The van der Waals surface area contributed by atoms with Gasteiger partial charge in [0.15, 0.2) is 11.5 Å². The van der Waals surface area contributed by atoms with Gasteiger partial charge in [-0.1, -0.05) is 17.7 Å². The molecule has 0 saturated heterocycles. The van der Waals surface area contributed by atoms with Crippen LogP contribution in [-0.4, -0.2) is 20.2 Å². The highest BCUT2D eigenvalue weighted by molar-refractivity contribution is 6.32. The van der Waals surface area contributed by atoms with Crippen LogP contribution in [0.3, 0.4) is 0 Å². The normalized spacial score (nSPS) is 10.8. The zero-order valence-electron chi connectivity index (χ0n) is 14.1. The van der Waals surface area contributed by atoms with E-state index in [1.54, 1.807) is 25.3 Å². The van der Waals surface area contributed by atoms with Gasteiger partial charge in [0.05, 0.1) is 19.2 Å². The van der Waals surface area contributed by atoms with E-state index in [0.29, 0.717) is 11.5 Å². The highest BCUT2D eigenvalue weighted by Crippen LogP contribution is 2.30. The fourth-order valence-corrected chi connectivity index (χ4v) is 2.42. The molecule has 2 aromatic carbocycles. The number of esters is 1. The maximum absolute atomic E-state index is 13.6. The van der Waals surface area contributed by atoms with Crippen molar-refractivity contribution in [1.82, 2.24) is 0 Å². The van der Waals surface area contributed by atoms with E-state index >= 15 is 0 Å². The number of ether oxygens (including phenoxy) is 3. The lowest BCUT2D eigenvalue weighted by atomic mass is 10.1. The molecule has 0 N–H and O–H groups in total. The van der Waals surface area contributed by atoms with Crippen molar-refractivity contribution < 1.29 is 23.4 Å². The van der Waals surface area contributed by atoms with Crippen LogP contribution in [0, 0.1) is 12.7 Å². The number of carbonyl (C=O) groups is 1. The van der Waals surface area contributed by atoms with Crippen molar-refractivity contribution in [3.8, 4) is 11.5 Å². The fraction of sp³-hybridized carbons (Fsp3) is 0.211. The van der Waals surface area contributed by atoms with E-state index in [1.807, 2.05) is 6.92 Å². The van der Waals surface area contributed by atoms with Crippen LogP contribution in [0.25, 0.3) is 6.08 Å². The molecule has 0 unspecified atom stereocenters. The van der Waals surface area contributed by atoms with E-state index in [-0.39, 0.29) is 17.2 Å². The highest BCUT2D eigenvalue weighted by Gasteiger charge is 2.10. The SMILES string of the molecule is COc1cc(C)c(COC(=O)/C=C/c2c(F)cccc2Cl)cc1OC. The summed E-state index contributed by atoms with van der Waals surface area (Å²) in [6, 6.07) is 7.86. The van der Waals surface area contributed by atoms with E-state index in [1.165, 1.54) is 25.3 Å². The van der Waals surface area contributed by atoms with Crippen LogP contribution < -0.4 is 9.47 Å². The molecule has 132 valence electrons. The molecular weight excluding hydrogens is 347 g/mol. The van der Waals surface area contributed by atoms with Crippen molar-refractivity contribution in [2.75, 3.05) is 14.2 Å². The number of benzene rings is 2. The zero-order chi connectivity index (χ0) is 18.4. The van der Waals surface area contributed by atoms with Crippen molar-refractivity contribution in [2.45, 2.75) is 13.5 Å². The third-order valence-corrected chi connectivity index (χ3v) is 3.93. The summed E-state index contributed by atoms with van der Waals surface area (Å²) in [7, 11) is 3.08. The Kier molecular flexibility index (Phi) is 6.42. The van der Waals surface area contributed by atoms with Crippen LogP contribution in [0.2, 0.25) is 5.02 Å². The fourth-order valence-electron chi connectivity index (χ4n) is 2.20. The van der Waals surface area contributed by atoms with Gasteiger partial charge >= 0.3 is 5.97 Å². The molecule has 0 bridgehead atoms. The summed E-state index contributed by atoms with van der Waals surface area (Å²) in [6.45, 7) is 1.93. The van der Waals surface area contributed by atoms with Gasteiger partial charge in [0.2, 0.25) is 0 Å². The Hall–Kier alpha value is -2.53. The third kappa shape index (κ3) is 4.73. The van der Waals surface area contributed by atoms with E-state index in [4.69, 9.17) is 25.8 Å². The first kappa shape index (κ1) is 18.8. The highest BCUT2D eigenvalue weighted by atomic mass is 35.5. The van der Waals surface area contributed by atoms with Crippen molar-refractivity contribution in [1.29, 1.82) is 0 Å². The minimum atomic E-state index is -0.603. The molecule has 0 aliphatic rings. The number of hydrogen-bond acceptors (Lipinski definition) is 4. The molecule has 0 saturated carbocycles. The van der Waals surface area contributed by atoms with Crippen molar-refractivity contribution >= 4 is 23.6 Å². The van der Waals surface area contributed by atoms with Gasteiger partial charge in [0.1, 0.15) is 12.4 Å². The second kappa shape index (κ2) is 8.53. The number of aryl methyl sites for hydroxylation is 1. The molecule has 0 fully saturated rings. The Morgan fingerprint density at radius 1 is 1.20 bits per heavy atom. The third-order valence-electron chi connectivity index (χ3n) is 3.60. The molecule has 0 radical (unpaired) electrons. The summed E-state index contributed by atoms with van der Waals surface area (Å²) in [4.78, 5) is 11.9. The summed E-state index contributed by atoms with van der Waals surface area (Å²) >= 11 is 5.90. The zero-order valence-corrected chi connectivity index (χ0v) is 14.9. The molecule has 0 aliphatic carbocycles. The molecule has 25 heavy (non-hydrogen) atoms. The average Bonchev–Trinajstić information content (AvgIpc) is 2.59. The van der Waals surface area contributed by atoms with Gasteiger partial charge in [-0.2, -0.15) is 0 Å². The van der Waals surface area contributed by atoms with Crippen molar-refractivity contribution in [2.24, 2.45) is 0 Å². The lowest BCUT2D eigenvalue weighted by Crippen LogP contribution is -2.03. The molecule has 0 amide bonds. The predicted molar refractivity (Wildman–Crippen MR) is 94.5 cm³/mol. The van der Waals surface area contributed by atoms with E-state index < -0.39 is 11.8 Å². The van der Waals surface area contributed by atoms with Gasteiger partial charge in [0, 0.05) is 11.6 Å². The molecule has 0 spiro atoms. The molecule has 0 heterocycles. The second-order valence-electron chi connectivity index (χ2n) is 5.21. The second-order valence-corrected chi connectivity index (χ2v) is 5.62. The Balaban J connectivity index is 2.06. The Morgan fingerprint density at radius 3 is 2.52 bits per heavy atom. The standard InChI is InChI=1S/C19H18ClFO4/c1-12-9-17(23-2)18(24-3)10-13(12)11-25-19(22)8-7-14-15(20)5-4-6-16(14)21/h4-10H,11H2,1-3H3/b8-7+. The number of carbonyl (C=O) groups excluding carboxylic acids is 1. The molecule has 4 nitrogen and oxygen atoms in total. The number of halogens is 2.